The van der Waals surface area contributed by atoms with E-state index in [1.807, 2.05) is 0 Å². The largest absolute Gasteiger partial charge is 0.327 e. The highest BCUT2D eigenvalue weighted by atomic mass is 79.9. The smallest absolute Gasteiger partial charge is 0.290 e. The normalized spacial score (nSPS) is 27.5. The first-order valence-corrected chi connectivity index (χ1v) is 9.23. The summed E-state index contributed by atoms with van der Waals surface area (Å²) in [5.74, 6) is 0.420. The molecule has 23 heavy (non-hydrogen) atoms. The Labute approximate surface area is 149 Å². The van der Waals surface area contributed by atoms with Crippen LogP contribution in [0.15, 0.2) is 27.6 Å². The molecular formula is C13H17BrClN3O4S. The Kier molecular flexibility index (Phi) is 5.37. The average molecular weight is 427 g/mol. The average Bonchev–Trinajstić information content (AvgIpc) is 3.01. The van der Waals surface area contributed by atoms with Crippen molar-refractivity contribution in [1.82, 2.24) is 4.31 Å². The molecule has 3 rings (SSSR count). The third-order valence-electron chi connectivity index (χ3n) is 4.61. The molecule has 7 nitrogen and oxygen atoms in total. The summed E-state index contributed by atoms with van der Waals surface area (Å²) in [5.41, 5.74) is 5.62. The first-order chi connectivity index (χ1) is 10.3. The van der Waals surface area contributed by atoms with Crippen LogP contribution in [0.4, 0.5) is 5.69 Å². The van der Waals surface area contributed by atoms with Crippen molar-refractivity contribution in [1.29, 1.82) is 0 Å². The third-order valence-corrected chi connectivity index (χ3v) is 6.99. The number of hydrogen-bond acceptors (Lipinski definition) is 5. The molecule has 0 amide bonds. The molecule has 1 aromatic rings. The van der Waals surface area contributed by atoms with E-state index >= 15 is 0 Å². The van der Waals surface area contributed by atoms with Gasteiger partial charge in [-0.25, -0.2) is 8.42 Å². The lowest BCUT2D eigenvalue weighted by molar-refractivity contribution is -0.387. The zero-order valence-electron chi connectivity index (χ0n) is 12.1. The molecule has 2 aliphatic rings. The summed E-state index contributed by atoms with van der Waals surface area (Å²) in [5, 5.41) is 11.2. The van der Waals surface area contributed by atoms with Gasteiger partial charge in [-0.1, -0.05) is 15.9 Å². The van der Waals surface area contributed by atoms with Crippen molar-refractivity contribution < 1.29 is 13.3 Å². The number of hydrogen-bond donors (Lipinski definition) is 1. The van der Waals surface area contributed by atoms with Crippen molar-refractivity contribution in [2.24, 2.45) is 17.6 Å². The van der Waals surface area contributed by atoms with Crippen LogP contribution in [0.3, 0.4) is 0 Å². The van der Waals surface area contributed by atoms with Gasteiger partial charge in [0.15, 0.2) is 4.90 Å². The van der Waals surface area contributed by atoms with Crippen LogP contribution in [0.25, 0.3) is 0 Å². The maximum absolute atomic E-state index is 12.8. The van der Waals surface area contributed by atoms with Crippen molar-refractivity contribution >= 4 is 44.0 Å². The number of rotatable bonds is 3. The minimum Gasteiger partial charge on any atom is -0.327 e. The Hall–Kier alpha value is -0.740. The fourth-order valence-corrected chi connectivity index (χ4v) is 5.47. The summed E-state index contributed by atoms with van der Waals surface area (Å²) in [6.07, 6.45) is 1.84. The molecule has 0 radical (unpaired) electrons. The van der Waals surface area contributed by atoms with E-state index in [9.17, 15) is 18.5 Å². The van der Waals surface area contributed by atoms with E-state index in [2.05, 4.69) is 15.9 Å². The number of nitrogens with zero attached hydrogens (tertiary/aromatic N) is 2. The van der Waals surface area contributed by atoms with Gasteiger partial charge < -0.3 is 5.73 Å². The minimum atomic E-state index is -3.88. The zero-order valence-corrected chi connectivity index (χ0v) is 15.3. The van der Waals surface area contributed by atoms with E-state index in [-0.39, 0.29) is 35.2 Å². The first-order valence-electron chi connectivity index (χ1n) is 7.00. The number of nitro benzene ring substituents is 1. The molecule has 10 heteroatoms. The maximum atomic E-state index is 12.8. The molecule has 1 aliphatic carbocycles. The van der Waals surface area contributed by atoms with Crippen molar-refractivity contribution in [3.63, 3.8) is 0 Å². The number of halogens is 2. The van der Waals surface area contributed by atoms with E-state index in [0.717, 1.165) is 12.8 Å². The fraction of sp³-hybridized carbons (Fsp3) is 0.538. The highest BCUT2D eigenvalue weighted by molar-refractivity contribution is 9.10. The van der Waals surface area contributed by atoms with E-state index in [1.165, 1.54) is 22.5 Å². The number of sulfonamides is 1. The summed E-state index contributed by atoms with van der Waals surface area (Å²) in [4.78, 5) is 10.2. The highest BCUT2D eigenvalue weighted by Gasteiger charge is 2.46. The Morgan fingerprint density at radius 1 is 1.30 bits per heavy atom. The van der Waals surface area contributed by atoms with Crippen molar-refractivity contribution in [3.05, 3.63) is 32.8 Å². The highest BCUT2D eigenvalue weighted by Crippen LogP contribution is 2.40. The third kappa shape index (κ3) is 3.25. The van der Waals surface area contributed by atoms with Crippen LogP contribution in [0.2, 0.25) is 0 Å². The van der Waals surface area contributed by atoms with Crippen LogP contribution in [0.1, 0.15) is 12.8 Å². The van der Waals surface area contributed by atoms with Gasteiger partial charge in [0.05, 0.1) is 4.92 Å². The second-order valence-corrected chi connectivity index (χ2v) is 8.68. The van der Waals surface area contributed by atoms with E-state index in [0.29, 0.717) is 17.6 Å². The Bertz CT molecular complexity index is 730. The molecule has 1 aliphatic heterocycles. The van der Waals surface area contributed by atoms with Crippen LogP contribution >= 0.6 is 28.3 Å². The van der Waals surface area contributed by atoms with Gasteiger partial charge >= 0.3 is 0 Å². The second kappa shape index (κ2) is 6.64. The number of nitrogens with two attached hydrogens (primary N) is 1. The molecule has 1 saturated heterocycles. The topological polar surface area (TPSA) is 107 Å². The lowest BCUT2D eigenvalue weighted by Gasteiger charge is -2.18. The summed E-state index contributed by atoms with van der Waals surface area (Å²) in [7, 11) is -3.88. The molecule has 128 valence electrons. The molecule has 1 aromatic carbocycles. The van der Waals surface area contributed by atoms with Crippen LogP contribution < -0.4 is 5.73 Å². The van der Waals surface area contributed by atoms with Gasteiger partial charge in [-0.2, -0.15) is 4.31 Å². The molecule has 0 spiro atoms. The lowest BCUT2D eigenvalue weighted by Crippen LogP contribution is -2.33. The lowest BCUT2D eigenvalue weighted by atomic mass is 9.98. The zero-order chi connectivity index (χ0) is 16.1. The van der Waals surface area contributed by atoms with Gasteiger partial charge in [0.25, 0.3) is 5.69 Å². The van der Waals surface area contributed by atoms with Crippen molar-refractivity contribution in [2.45, 2.75) is 23.8 Å². The van der Waals surface area contributed by atoms with Crippen LogP contribution in [0.5, 0.6) is 0 Å². The molecule has 1 heterocycles. The van der Waals surface area contributed by atoms with Crippen molar-refractivity contribution in [3.8, 4) is 0 Å². The van der Waals surface area contributed by atoms with Crippen LogP contribution in [0, 0.1) is 22.0 Å². The molecule has 0 bridgehead atoms. The summed E-state index contributed by atoms with van der Waals surface area (Å²) < 4.78 is 27.4. The Morgan fingerprint density at radius 2 is 2.00 bits per heavy atom. The molecule has 3 unspecified atom stereocenters. The summed E-state index contributed by atoms with van der Waals surface area (Å²) in [6.45, 7) is 0.745. The quantitative estimate of drug-likeness (QED) is 0.588. The summed E-state index contributed by atoms with van der Waals surface area (Å²) >= 11 is 3.13. The minimum absolute atomic E-state index is 0. The number of benzene rings is 1. The SMILES string of the molecule is Cl.NC1CCC2CN(S(=O)(=O)c3ccc(Br)cc3[N+](=O)[O-])CC12. The molecule has 2 fully saturated rings. The van der Waals surface area contributed by atoms with Crippen molar-refractivity contribution in [2.75, 3.05) is 13.1 Å². The Morgan fingerprint density at radius 3 is 2.61 bits per heavy atom. The fourth-order valence-electron chi connectivity index (χ4n) is 3.45. The number of nitro groups is 1. The first kappa shape index (κ1) is 18.6. The van der Waals surface area contributed by atoms with Gasteiger partial charge in [-0.15, -0.1) is 12.4 Å². The molecule has 0 aromatic heterocycles. The summed E-state index contributed by atoms with van der Waals surface area (Å²) in [6, 6.07) is 4.02. The van der Waals surface area contributed by atoms with Crippen LogP contribution in [-0.4, -0.2) is 36.8 Å². The van der Waals surface area contributed by atoms with E-state index < -0.39 is 20.6 Å². The predicted molar refractivity (Wildman–Crippen MR) is 91.0 cm³/mol. The van der Waals surface area contributed by atoms with Gasteiger partial charge in [0, 0.05) is 29.7 Å². The maximum Gasteiger partial charge on any atom is 0.290 e. The molecule has 1 saturated carbocycles. The molecule has 3 atom stereocenters. The van der Waals surface area contributed by atoms with Gasteiger partial charge in [-0.05, 0) is 36.8 Å². The monoisotopic (exact) mass is 425 g/mol. The van der Waals surface area contributed by atoms with E-state index in [4.69, 9.17) is 5.73 Å². The molecular weight excluding hydrogens is 410 g/mol. The second-order valence-electron chi connectivity index (χ2n) is 5.86. The standard InChI is InChI=1S/C13H16BrN3O4S.ClH/c14-9-2-4-13(12(5-9)17(18)19)22(20,21)16-6-8-1-3-11(15)10(8)7-16;/h2,4-5,8,10-11H,1,3,6-7,15H2;1H. The van der Waals surface area contributed by atoms with Gasteiger partial charge in [0.2, 0.25) is 10.0 Å². The van der Waals surface area contributed by atoms with Crippen LogP contribution in [-0.2, 0) is 10.0 Å². The molecule has 2 N–H and O–H groups in total. The Balaban J connectivity index is 0.00000192. The predicted octanol–water partition coefficient (Wildman–Crippen LogP) is 2.14. The van der Waals surface area contributed by atoms with Gasteiger partial charge in [0.1, 0.15) is 0 Å². The van der Waals surface area contributed by atoms with Gasteiger partial charge in [-0.3, -0.25) is 10.1 Å². The number of fused-ring (bicyclic) bond motifs is 1. The van der Waals surface area contributed by atoms with E-state index in [1.54, 1.807) is 0 Å².